The van der Waals surface area contributed by atoms with Crippen molar-refractivity contribution in [3.63, 3.8) is 0 Å². The molecule has 0 bridgehead atoms. The van der Waals surface area contributed by atoms with Gasteiger partial charge in [-0.15, -0.1) is 0 Å². The topological polar surface area (TPSA) is 42.2 Å². The number of fused-ring (bicyclic) bond motifs is 1. The van der Waals surface area contributed by atoms with Gasteiger partial charge < -0.3 is 5.32 Å². The zero-order valence-electron chi connectivity index (χ0n) is 10.1. The van der Waals surface area contributed by atoms with Crippen LogP contribution in [-0.4, -0.2) is 21.1 Å². The molecule has 86 valence electrons. The second kappa shape index (κ2) is 4.22. The maximum Gasteiger partial charge on any atom is 0.155 e. The van der Waals surface area contributed by atoms with E-state index in [1.54, 1.807) is 6.20 Å². The summed E-state index contributed by atoms with van der Waals surface area (Å²) in [5.74, 6) is 0. The molecule has 0 aliphatic heterocycles. The maximum absolute atomic E-state index is 4.25. The molecule has 0 aliphatic carbocycles. The summed E-state index contributed by atoms with van der Waals surface area (Å²) in [5, 5.41) is 7.68. The van der Waals surface area contributed by atoms with Crippen LogP contribution < -0.4 is 5.32 Å². The Morgan fingerprint density at radius 1 is 1.25 bits per heavy atom. The van der Waals surface area contributed by atoms with E-state index in [9.17, 15) is 0 Å². The first kappa shape index (κ1) is 11.1. The lowest BCUT2D eigenvalue weighted by atomic mass is 9.97. The van der Waals surface area contributed by atoms with Gasteiger partial charge in [-0.1, -0.05) is 20.8 Å². The van der Waals surface area contributed by atoms with E-state index in [0.29, 0.717) is 5.41 Å². The number of hydrogen-bond acceptors (Lipinski definition) is 3. The van der Waals surface area contributed by atoms with Gasteiger partial charge in [-0.25, -0.2) is 9.50 Å². The Morgan fingerprint density at radius 2 is 2.06 bits per heavy atom. The van der Waals surface area contributed by atoms with Gasteiger partial charge >= 0.3 is 0 Å². The Kier molecular flexibility index (Phi) is 2.92. The summed E-state index contributed by atoms with van der Waals surface area (Å²) < 4.78 is 1.87. The third-order valence-corrected chi connectivity index (χ3v) is 2.33. The summed E-state index contributed by atoms with van der Waals surface area (Å²) in [6.07, 6.45) is 3.60. The van der Waals surface area contributed by atoms with Crippen LogP contribution in [0, 0.1) is 5.41 Å². The van der Waals surface area contributed by atoms with E-state index in [0.717, 1.165) is 24.4 Å². The van der Waals surface area contributed by atoms with Crippen molar-refractivity contribution in [3.05, 3.63) is 30.2 Å². The molecule has 0 unspecified atom stereocenters. The van der Waals surface area contributed by atoms with E-state index in [1.807, 2.05) is 22.8 Å². The van der Waals surface area contributed by atoms with Crippen LogP contribution in [0.25, 0.3) is 5.65 Å². The average Bonchev–Trinajstić information content (AvgIpc) is 2.64. The highest BCUT2D eigenvalue weighted by Crippen LogP contribution is 2.11. The minimum atomic E-state index is 0.302. The Balaban J connectivity index is 2.07. The van der Waals surface area contributed by atoms with Gasteiger partial charge in [-0.3, -0.25) is 0 Å². The highest BCUT2D eigenvalue weighted by Gasteiger charge is 2.09. The number of rotatable bonds is 3. The third-order valence-electron chi connectivity index (χ3n) is 2.33. The van der Waals surface area contributed by atoms with Gasteiger partial charge in [0.2, 0.25) is 0 Å². The van der Waals surface area contributed by atoms with Crippen LogP contribution in [0.3, 0.4) is 0 Å². The van der Waals surface area contributed by atoms with Crippen molar-refractivity contribution < 1.29 is 0 Å². The molecule has 0 atom stereocenters. The van der Waals surface area contributed by atoms with Crippen LogP contribution in [0.5, 0.6) is 0 Å². The van der Waals surface area contributed by atoms with Gasteiger partial charge in [0.05, 0.1) is 11.9 Å². The van der Waals surface area contributed by atoms with Crippen LogP contribution in [-0.2, 0) is 6.54 Å². The Hall–Kier alpha value is -1.42. The largest absolute Gasteiger partial charge is 0.311 e. The predicted octanol–water partition coefficient (Wildman–Crippen LogP) is 1.86. The molecule has 2 aromatic heterocycles. The van der Waals surface area contributed by atoms with Crippen molar-refractivity contribution >= 4 is 5.65 Å². The van der Waals surface area contributed by atoms with Crippen molar-refractivity contribution in [2.24, 2.45) is 5.41 Å². The summed E-state index contributed by atoms with van der Waals surface area (Å²) in [7, 11) is 0. The first-order chi connectivity index (χ1) is 7.56. The summed E-state index contributed by atoms with van der Waals surface area (Å²) >= 11 is 0. The van der Waals surface area contributed by atoms with Crippen LogP contribution >= 0.6 is 0 Å². The first-order valence-electron chi connectivity index (χ1n) is 5.55. The van der Waals surface area contributed by atoms with E-state index in [4.69, 9.17) is 0 Å². The van der Waals surface area contributed by atoms with Crippen LogP contribution in [0.15, 0.2) is 24.5 Å². The van der Waals surface area contributed by atoms with E-state index in [-0.39, 0.29) is 0 Å². The van der Waals surface area contributed by atoms with Gasteiger partial charge in [0.25, 0.3) is 0 Å². The first-order valence-corrected chi connectivity index (χ1v) is 5.55. The van der Waals surface area contributed by atoms with Gasteiger partial charge in [0.1, 0.15) is 0 Å². The third kappa shape index (κ3) is 2.58. The fraction of sp³-hybridized carbons (Fsp3) is 0.500. The smallest absolute Gasteiger partial charge is 0.155 e. The van der Waals surface area contributed by atoms with Gasteiger partial charge in [0.15, 0.2) is 5.65 Å². The highest BCUT2D eigenvalue weighted by atomic mass is 15.3. The molecular weight excluding hydrogens is 200 g/mol. The quantitative estimate of drug-likeness (QED) is 0.855. The van der Waals surface area contributed by atoms with Crippen LogP contribution in [0.2, 0.25) is 0 Å². The minimum Gasteiger partial charge on any atom is -0.311 e. The lowest BCUT2D eigenvalue weighted by Crippen LogP contribution is -2.27. The molecule has 1 N–H and O–H groups in total. The molecule has 4 heteroatoms. The molecule has 0 saturated heterocycles. The van der Waals surface area contributed by atoms with Crippen molar-refractivity contribution in [2.75, 3.05) is 6.54 Å². The van der Waals surface area contributed by atoms with E-state index >= 15 is 0 Å². The SMILES string of the molecule is CC(C)(C)CNCc1ccnc2ccnn12. The molecule has 4 nitrogen and oxygen atoms in total. The normalized spacial score (nSPS) is 12.2. The van der Waals surface area contributed by atoms with Crippen LogP contribution in [0.1, 0.15) is 26.5 Å². The Labute approximate surface area is 95.7 Å². The fourth-order valence-electron chi connectivity index (χ4n) is 1.59. The molecule has 0 saturated carbocycles. The van der Waals surface area contributed by atoms with Crippen molar-refractivity contribution in [2.45, 2.75) is 27.3 Å². The lowest BCUT2D eigenvalue weighted by molar-refractivity contribution is 0.377. The molecular formula is C12H18N4. The molecule has 0 fully saturated rings. The second-order valence-corrected chi connectivity index (χ2v) is 5.20. The summed E-state index contributed by atoms with van der Waals surface area (Å²) in [6, 6.07) is 3.91. The molecule has 0 aromatic carbocycles. The molecule has 2 heterocycles. The van der Waals surface area contributed by atoms with Gasteiger partial charge in [-0.2, -0.15) is 5.10 Å². The van der Waals surface area contributed by atoms with E-state index < -0.39 is 0 Å². The van der Waals surface area contributed by atoms with Gasteiger partial charge in [0, 0.05) is 25.4 Å². The standard InChI is InChI=1S/C12H18N4/c1-12(2,3)9-13-8-10-4-6-14-11-5-7-15-16(10)11/h4-7,13H,8-9H2,1-3H3. The molecule has 0 radical (unpaired) electrons. The Bertz CT molecular complexity index is 467. The molecule has 16 heavy (non-hydrogen) atoms. The monoisotopic (exact) mass is 218 g/mol. The van der Waals surface area contributed by atoms with E-state index in [1.165, 1.54) is 0 Å². The summed E-state index contributed by atoms with van der Waals surface area (Å²) in [6.45, 7) is 8.46. The zero-order valence-corrected chi connectivity index (χ0v) is 10.1. The number of nitrogens with zero attached hydrogens (tertiary/aromatic N) is 3. The lowest BCUT2D eigenvalue weighted by Gasteiger charge is -2.18. The summed E-state index contributed by atoms with van der Waals surface area (Å²) in [4.78, 5) is 4.23. The van der Waals surface area contributed by atoms with E-state index in [2.05, 4.69) is 36.2 Å². The average molecular weight is 218 g/mol. The molecule has 0 spiro atoms. The fourth-order valence-corrected chi connectivity index (χ4v) is 1.59. The van der Waals surface area contributed by atoms with Gasteiger partial charge in [-0.05, 0) is 11.5 Å². The predicted molar refractivity (Wildman–Crippen MR) is 64.1 cm³/mol. The highest BCUT2D eigenvalue weighted by molar-refractivity contribution is 5.36. The van der Waals surface area contributed by atoms with Crippen LogP contribution in [0.4, 0.5) is 0 Å². The molecule has 2 rings (SSSR count). The van der Waals surface area contributed by atoms with Crippen molar-refractivity contribution in [1.82, 2.24) is 19.9 Å². The number of hydrogen-bond donors (Lipinski definition) is 1. The van der Waals surface area contributed by atoms with Crippen molar-refractivity contribution in [1.29, 1.82) is 0 Å². The zero-order chi connectivity index (χ0) is 11.6. The molecule has 0 aliphatic rings. The number of nitrogens with one attached hydrogen (secondary N) is 1. The molecule has 0 amide bonds. The Morgan fingerprint density at radius 3 is 2.81 bits per heavy atom. The summed E-state index contributed by atoms with van der Waals surface area (Å²) in [5.41, 5.74) is 2.34. The minimum absolute atomic E-state index is 0.302. The maximum atomic E-state index is 4.25. The van der Waals surface area contributed by atoms with Crippen molar-refractivity contribution in [3.8, 4) is 0 Å². The molecule has 2 aromatic rings. The number of aromatic nitrogens is 3. The second-order valence-electron chi connectivity index (χ2n) is 5.20.